The lowest BCUT2D eigenvalue weighted by Crippen LogP contribution is -2.43. The van der Waals surface area contributed by atoms with Gasteiger partial charge in [-0.25, -0.2) is 0 Å². The molecule has 2 heterocycles. The average molecular weight is 440 g/mol. The fourth-order valence-corrected chi connectivity index (χ4v) is 4.68. The molecule has 0 radical (unpaired) electrons. The number of amides is 2. The van der Waals surface area contributed by atoms with Crippen LogP contribution in [0.1, 0.15) is 48.0 Å². The number of piperidine rings is 2. The Morgan fingerprint density at radius 2 is 1.74 bits per heavy atom. The molecule has 4 rings (SSSR count). The highest BCUT2D eigenvalue weighted by atomic mass is 35.5. The number of carbonyl (C=O) groups excluding carboxylic acids is 2. The largest absolute Gasteiger partial charge is 0.338 e. The second-order valence-electron chi connectivity index (χ2n) is 8.62. The molecule has 6 heteroatoms. The van der Waals surface area contributed by atoms with E-state index in [4.69, 9.17) is 11.6 Å². The smallest absolute Gasteiger partial charge is 0.253 e. The van der Waals surface area contributed by atoms with Crippen LogP contribution in [0.3, 0.4) is 0 Å². The number of hydrogen-bond acceptors (Lipinski definition) is 3. The highest BCUT2D eigenvalue weighted by Gasteiger charge is 2.29. The molecule has 1 atom stereocenters. The van der Waals surface area contributed by atoms with Crippen molar-refractivity contribution in [2.75, 3.05) is 31.5 Å². The molecule has 0 aliphatic carbocycles. The molecule has 2 aromatic rings. The van der Waals surface area contributed by atoms with Crippen LogP contribution >= 0.6 is 11.6 Å². The van der Waals surface area contributed by atoms with E-state index in [1.807, 2.05) is 12.1 Å². The molecule has 0 bridgehead atoms. The minimum absolute atomic E-state index is 0.0209. The van der Waals surface area contributed by atoms with Crippen molar-refractivity contribution in [2.24, 2.45) is 5.92 Å². The van der Waals surface area contributed by atoms with E-state index in [-0.39, 0.29) is 17.7 Å². The number of likely N-dealkylation sites (tertiary alicyclic amines) is 2. The first-order valence-corrected chi connectivity index (χ1v) is 11.6. The Balaban J connectivity index is 1.32. The van der Waals surface area contributed by atoms with Crippen molar-refractivity contribution in [1.82, 2.24) is 9.80 Å². The predicted octanol–water partition coefficient (Wildman–Crippen LogP) is 4.82. The van der Waals surface area contributed by atoms with Gasteiger partial charge in [0.1, 0.15) is 0 Å². The molecule has 0 unspecified atom stereocenters. The fourth-order valence-electron chi connectivity index (χ4n) is 4.49. The lowest BCUT2D eigenvalue weighted by molar-refractivity contribution is -0.121. The molecule has 2 saturated heterocycles. The van der Waals surface area contributed by atoms with Gasteiger partial charge in [0.05, 0.1) is 5.92 Å². The Labute approximate surface area is 189 Å². The first-order chi connectivity index (χ1) is 15.1. The molecule has 5 nitrogen and oxygen atoms in total. The summed E-state index contributed by atoms with van der Waals surface area (Å²) in [6, 6.07) is 15.1. The minimum atomic E-state index is -0.204. The minimum Gasteiger partial charge on any atom is -0.338 e. The molecule has 2 fully saturated rings. The lowest BCUT2D eigenvalue weighted by Gasteiger charge is -2.32. The van der Waals surface area contributed by atoms with Crippen molar-refractivity contribution in [3.05, 3.63) is 64.7 Å². The van der Waals surface area contributed by atoms with Crippen LogP contribution in [0, 0.1) is 5.92 Å². The van der Waals surface area contributed by atoms with Crippen molar-refractivity contribution in [3.8, 4) is 0 Å². The second-order valence-corrected chi connectivity index (χ2v) is 9.06. The van der Waals surface area contributed by atoms with E-state index < -0.39 is 0 Å². The van der Waals surface area contributed by atoms with E-state index in [1.54, 1.807) is 29.2 Å². The van der Waals surface area contributed by atoms with Crippen LogP contribution < -0.4 is 5.32 Å². The van der Waals surface area contributed by atoms with Gasteiger partial charge in [0.25, 0.3) is 5.91 Å². The first-order valence-electron chi connectivity index (χ1n) is 11.3. The van der Waals surface area contributed by atoms with E-state index in [0.717, 1.165) is 25.1 Å². The van der Waals surface area contributed by atoms with E-state index in [1.165, 1.54) is 37.9 Å². The van der Waals surface area contributed by atoms with Gasteiger partial charge in [0.2, 0.25) is 5.91 Å². The van der Waals surface area contributed by atoms with Crippen LogP contribution in [0.5, 0.6) is 0 Å². The van der Waals surface area contributed by atoms with Crippen LogP contribution in [0.2, 0.25) is 5.02 Å². The standard InChI is InChI=1S/C25H30ClN3O2/c26-22-8-4-6-20(16-22)25(31)29-15-5-7-21(18-29)24(30)27-23-11-9-19(10-12-23)17-28-13-2-1-3-14-28/h4,6,8-12,16,21H,1-3,5,7,13-15,17-18H2,(H,27,30)/t21-/m1/s1. The lowest BCUT2D eigenvalue weighted by atomic mass is 9.96. The first kappa shape index (κ1) is 21.8. The van der Waals surface area contributed by atoms with Crippen LogP contribution in [0.25, 0.3) is 0 Å². The second kappa shape index (κ2) is 10.3. The van der Waals surface area contributed by atoms with Crippen molar-refractivity contribution in [2.45, 2.75) is 38.6 Å². The van der Waals surface area contributed by atoms with Crippen molar-refractivity contribution in [3.63, 3.8) is 0 Å². The van der Waals surface area contributed by atoms with Crippen molar-refractivity contribution < 1.29 is 9.59 Å². The normalized spacial score (nSPS) is 19.8. The molecule has 2 aliphatic rings. The summed E-state index contributed by atoms with van der Waals surface area (Å²) in [5.41, 5.74) is 2.65. The molecule has 0 saturated carbocycles. The predicted molar refractivity (Wildman–Crippen MR) is 124 cm³/mol. The zero-order valence-electron chi connectivity index (χ0n) is 17.9. The third-order valence-corrected chi connectivity index (χ3v) is 6.46. The van der Waals surface area contributed by atoms with Gasteiger partial charge >= 0.3 is 0 Å². The maximum atomic E-state index is 12.8. The highest BCUT2D eigenvalue weighted by Crippen LogP contribution is 2.22. The summed E-state index contributed by atoms with van der Waals surface area (Å²) in [5.74, 6) is -0.292. The summed E-state index contributed by atoms with van der Waals surface area (Å²) in [7, 11) is 0. The summed E-state index contributed by atoms with van der Waals surface area (Å²) in [5, 5.41) is 3.58. The number of rotatable bonds is 5. The quantitative estimate of drug-likeness (QED) is 0.726. The molecule has 1 N–H and O–H groups in total. The van der Waals surface area contributed by atoms with Gasteiger partial charge < -0.3 is 10.2 Å². The summed E-state index contributed by atoms with van der Waals surface area (Å²) in [4.78, 5) is 29.9. The third kappa shape index (κ3) is 5.86. The summed E-state index contributed by atoms with van der Waals surface area (Å²) < 4.78 is 0. The molecular weight excluding hydrogens is 410 g/mol. The van der Waals surface area contributed by atoms with Gasteiger partial charge in [0, 0.05) is 35.9 Å². The maximum Gasteiger partial charge on any atom is 0.253 e. The number of anilines is 1. The Morgan fingerprint density at radius 3 is 2.48 bits per heavy atom. The number of nitrogens with one attached hydrogen (secondary N) is 1. The topological polar surface area (TPSA) is 52.7 Å². The maximum absolute atomic E-state index is 12.8. The van der Waals surface area contributed by atoms with Crippen molar-refractivity contribution in [1.29, 1.82) is 0 Å². The Kier molecular flexibility index (Phi) is 7.25. The highest BCUT2D eigenvalue weighted by molar-refractivity contribution is 6.30. The number of benzene rings is 2. The summed E-state index contributed by atoms with van der Waals surface area (Å²) in [6.07, 6.45) is 5.51. The van der Waals surface area contributed by atoms with Gasteiger partial charge in [-0.05, 0) is 74.7 Å². The van der Waals surface area contributed by atoms with E-state index in [9.17, 15) is 9.59 Å². The third-order valence-electron chi connectivity index (χ3n) is 6.23. The monoisotopic (exact) mass is 439 g/mol. The molecule has 2 aromatic carbocycles. The number of nitrogens with zero attached hydrogens (tertiary/aromatic N) is 2. The zero-order valence-corrected chi connectivity index (χ0v) is 18.6. The molecule has 0 spiro atoms. The zero-order chi connectivity index (χ0) is 21.6. The SMILES string of the molecule is O=C(Nc1ccc(CN2CCCCC2)cc1)[C@@H]1CCCN(C(=O)c2cccc(Cl)c2)C1. The molecule has 0 aromatic heterocycles. The van der Waals surface area contributed by atoms with E-state index in [0.29, 0.717) is 23.7 Å². The van der Waals surface area contributed by atoms with E-state index >= 15 is 0 Å². The fraction of sp³-hybridized carbons (Fsp3) is 0.440. The Morgan fingerprint density at radius 1 is 0.968 bits per heavy atom. The summed E-state index contributed by atoms with van der Waals surface area (Å²) in [6.45, 7) is 4.41. The molecule has 2 aliphatic heterocycles. The van der Waals surface area contributed by atoms with Gasteiger partial charge in [0.15, 0.2) is 0 Å². The van der Waals surface area contributed by atoms with Gasteiger partial charge in [-0.3, -0.25) is 14.5 Å². The van der Waals surface area contributed by atoms with Crippen LogP contribution in [-0.2, 0) is 11.3 Å². The van der Waals surface area contributed by atoms with Gasteiger partial charge in [-0.1, -0.05) is 36.2 Å². The number of halogens is 1. The molecule has 164 valence electrons. The van der Waals surface area contributed by atoms with Crippen molar-refractivity contribution >= 4 is 29.1 Å². The average Bonchev–Trinajstić information content (AvgIpc) is 2.80. The molecular formula is C25H30ClN3O2. The van der Waals surface area contributed by atoms with Crippen LogP contribution in [0.15, 0.2) is 48.5 Å². The molecule has 2 amide bonds. The number of carbonyl (C=O) groups is 2. The Bertz CT molecular complexity index is 909. The Hall–Kier alpha value is -2.37. The van der Waals surface area contributed by atoms with E-state index in [2.05, 4.69) is 22.3 Å². The van der Waals surface area contributed by atoms with Gasteiger partial charge in [-0.15, -0.1) is 0 Å². The van der Waals surface area contributed by atoms with Gasteiger partial charge in [-0.2, -0.15) is 0 Å². The molecule has 31 heavy (non-hydrogen) atoms. The van der Waals surface area contributed by atoms with Crippen LogP contribution in [0.4, 0.5) is 5.69 Å². The summed E-state index contributed by atoms with van der Waals surface area (Å²) >= 11 is 6.03. The number of hydrogen-bond donors (Lipinski definition) is 1. The van der Waals surface area contributed by atoms with Crippen LogP contribution in [-0.4, -0.2) is 47.8 Å².